The van der Waals surface area contributed by atoms with E-state index in [9.17, 15) is 9.90 Å². The fourth-order valence-corrected chi connectivity index (χ4v) is 4.02. The lowest BCUT2D eigenvalue weighted by Crippen LogP contribution is -2.41. The van der Waals surface area contributed by atoms with Crippen molar-refractivity contribution in [3.8, 4) is 11.5 Å². The second-order valence-corrected chi connectivity index (χ2v) is 7.82. The third kappa shape index (κ3) is 4.69. The van der Waals surface area contributed by atoms with Crippen molar-refractivity contribution in [2.24, 2.45) is 5.92 Å². The first-order valence-electron chi connectivity index (χ1n) is 10.3. The monoisotopic (exact) mass is 402 g/mol. The molecule has 1 saturated heterocycles. The van der Waals surface area contributed by atoms with E-state index < -0.39 is 5.97 Å². The van der Waals surface area contributed by atoms with Crippen molar-refractivity contribution in [3.05, 3.63) is 89.7 Å². The largest absolute Gasteiger partial charge is 0.481 e. The van der Waals surface area contributed by atoms with Crippen LogP contribution < -0.4 is 4.74 Å². The zero-order valence-corrected chi connectivity index (χ0v) is 17.1. The Morgan fingerprint density at radius 1 is 1.10 bits per heavy atom. The average molecular weight is 402 g/mol. The molecule has 0 spiro atoms. The van der Waals surface area contributed by atoms with Crippen molar-refractivity contribution >= 4 is 5.97 Å². The van der Waals surface area contributed by atoms with Crippen molar-refractivity contribution in [1.82, 2.24) is 9.88 Å². The number of hydrogen-bond acceptors (Lipinski definition) is 4. The van der Waals surface area contributed by atoms with E-state index in [0.29, 0.717) is 6.54 Å². The van der Waals surface area contributed by atoms with Gasteiger partial charge in [0.15, 0.2) is 0 Å². The van der Waals surface area contributed by atoms with Gasteiger partial charge in [-0.3, -0.25) is 14.7 Å². The molecule has 1 aromatic heterocycles. The number of aromatic nitrogens is 1. The van der Waals surface area contributed by atoms with Gasteiger partial charge in [-0.2, -0.15) is 0 Å². The zero-order valence-electron chi connectivity index (χ0n) is 17.1. The van der Waals surface area contributed by atoms with Gasteiger partial charge in [-0.15, -0.1) is 0 Å². The van der Waals surface area contributed by atoms with Crippen LogP contribution in [0.1, 0.15) is 35.7 Å². The summed E-state index contributed by atoms with van der Waals surface area (Å²) >= 11 is 0. The smallest absolute Gasteiger partial charge is 0.307 e. The number of carboxylic acid groups (broad SMARTS) is 1. The first kappa shape index (κ1) is 20.1. The van der Waals surface area contributed by atoms with Crippen LogP contribution in [0, 0.1) is 12.8 Å². The standard InChI is InChI=1S/C25H26N2O3/c1-18-12-13-23(26-16-18)24(27-14-6-8-20(17-27)25(28)29)19-7-5-11-22(15-19)30-21-9-3-2-4-10-21/h2-5,7,9-13,15-16,20,24H,6,8,14,17H2,1H3,(H,28,29). The van der Waals surface area contributed by atoms with Crippen LogP contribution in [0.5, 0.6) is 11.5 Å². The number of ether oxygens (including phenoxy) is 1. The van der Waals surface area contributed by atoms with Crippen molar-refractivity contribution in [3.63, 3.8) is 0 Å². The van der Waals surface area contributed by atoms with Gasteiger partial charge < -0.3 is 9.84 Å². The number of likely N-dealkylation sites (tertiary alicyclic amines) is 1. The molecule has 1 fully saturated rings. The molecule has 2 heterocycles. The van der Waals surface area contributed by atoms with Crippen LogP contribution >= 0.6 is 0 Å². The minimum absolute atomic E-state index is 0.118. The topological polar surface area (TPSA) is 62.7 Å². The highest BCUT2D eigenvalue weighted by Gasteiger charge is 2.32. The molecule has 154 valence electrons. The van der Waals surface area contributed by atoms with Gasteiger partial charge in [-0.05, 0) is 67.8 Å². The molecule has 5 nitrogen and oxygen atoms in total. The second kappa shape index (κ2) is 9.09. The van der Waals surface area contributed by atoms with Crippen molar-refractivity contribution < 1.29 is 14.6 Å². The summed E-state index contributed by atoms with van der Waals surface area (Å²) in [7, 11) is 0. The number of carboxylic acids is 1. The van der Waals surface area contributed by atoms with Gasteiger partial charge in [0, 0.05) is 12.7 Å². The fourth-order valence-electron chi connectivity index (χ4n) is 4.02. The molecule has 2 atom stereocenters. The molecule has 1 aliphatic rings. The maximum Gasteiger partial charge on any atom is 0.307 e. The maximum absolute atomic E-state index is 11.6. The summed E-state index contributed by atoms with van der Waals surface area (Å²) in [6.07, 6.45) is 3.45. The molecule has 3 aromatic rings. The van der Waals surface area contributed by atoms with Crippen molar-refractivity contribution in [1.29, 1.82) is 0 Å². The summed E-state index contributed by atoms with van der Waals surface area (Å²) in [6.45, 7) is 3.37. The molecule has 0 radical (unpaired) electrons. The molecule has 1 aliphatic heterocycles. The number of rotatable bonds is 6. The van der Waals surface area contributed by atoms with E-state index in [0.717, 1.165) is 47.7 Å². The van der Waals surface area contributed by atoms with Crippen molar-refractivity contribution in [2.75, 3.05) is 13.1 Å². The fraction of sp³-hybridized carbons (Fsp3) is 0.280. The Labute approximate surface area is 177 Å². The Kier molecular flexibility index (Phi) is 6.10. The van der Waals surface area contributed by atoms with Gasteiger partial charge in [0.05, 0.1) is 17.7 Å². The Morgan fingerprint density at radius 2 is 1.90 bits per heavy atom. The molecule has 0 aliphatic carbocycles. The Morgan fingerprint density at radius 3 is 2.63 bits per heavy atom. The third-order valence-electron chi connectivity index (χ3n) is 5.53. The molecule has 4 rings (SSSR count). The maximum atomic E-state index is 11.6. The summed E-state index contributed by atoms with van der Waals surface area (Å²) < 4.78 is 6.04. The van der Waals surface area contributed by atoms with E-state index in [1.165, 1.54) is 0 Å². The first-order valence-corrected chi connectivity index (χ1v) is 10.3. The molecule has 30 heavy (non-hydrogen) atoms. The summed E-state index contributed by atoms with van der Waals surface area (Å²) in [5.41, 5.74) is 3.06. The number of nitrogens with zero attached hydrogens (tertiary/aromatic N) is 2. The number of aryl methyl sites for hydroxylation is 1. The lowest BCUT2D eigenvalue weighted by atomic mass is 9.93. The normalized spacial score (nSPS) is 18.0. The van der Waals surface area contributed by atoms with E-state index in [2.05, 4.69) is 22.0 Å². The van der Waals surface area contributed by atoms with Crippen LogP contribution in [0.4, 0.5) is 0 Å². The summed E-state index contributed by atoms with van der Waals surface area (Å²) in [5.74, 6) is 0.457. The van der Waals surface area contributed by atoms with Crippen LogP contribution in [0.2, 0.25) is 0 Å². The molecular formula is C25H26N2O3. The molecule has 5 heteroatoms. The van der Waals surface area contributed by atoms with E-state index >= 15 is 0 Å². The minimum Gasteiger partial charge on any atom is -0.481 e. The molecule has 1 N–H and O–H groups in total. The van der Waals surface area contributed by atoms with Gasteiger partial charge in [0.1, 0.15) is 11.5 Å². The van der Waals surface area contributed by atoms with E-state index in [-0.39, 0.29) is 12.0 Å². The Hall–Kier alpha value is -3.18. The predicted molar refractivity (Wildman–Crippen MR) is 116 cm³/mol. The zero-order chi connectivity index (χ0) is 20.9. The van der Waals surface area contributed by atoms with E-state index in [1.54, 1.807) is 0 Å². The SMILES string of the molecule is Cc1ccc(C(c2cccc(Oc3ccccc3)c2)N2CCCC(C(=O)O)C2)nc1. The second-order valence-electron chi connectivity index (χ2n) is 7.82. The van der Waals surface area contributed by atoms with Gasteiger partial charge in [-0.1, -0.05) is 36.4 Å². The molecule has 0 bridgehead atoms. The average Bonchev–Trinajstić information content (AvgIpc) is 2.77. The lowest BCUT2D eigenvalue weighted by Gasteiger charge is -2.37. The quantitative estimate of drug-likeness (QED) is 0.624. The van der Waals surface area contributed by atoms with Crippen LogP contribution in [0.3, 0.4) is 0 Å². The van der Waals surface area contributed by atoms with Gasteiger partial charge in [-0.25, -0.2) is 0 Å². The number of hydrogen-bond donors (Lipinski definition) is 1. The molecule has 2 unspecified atom stereocenters. The number of carbonyl (C=O) groups is 1. The number of pyridine rings is 1. The summed E-state index contributed by atoms with van der Waals surface area (Å²) in [6, 6.07) is 21.7. The van der Waals surface area contributed by atoms with Crippen LogP contribution in [-0.4, -0.2) is 34.0 Å². The van der Waals surface area contributed by atoms with Gasteiger partial charge >= 0.3 is 5.97 Å². The van der Waals surface area contributed by atoms with Gasteiger partial charge in [0.25, 0.3) is 0 Å². The molecule has 0 amide bonds. The van der Waals surface area contributed by atoms with Crippen molar-refractivity contribution in [2.45, 2.75) is 25.8 Å². The first-order chi connectivity index (χ1) is 14.6. The van der Waals surface area contributed by atoms with E-state index in [4.69, 9.17) is 4.74 Å². The summed E-state index contributed by atoms with van der Waals surface area (Å²) in [4.78, 5) is 18.6. The predicted octanol–water partition coefficient (Wildman–Crippen LogP) is 5.07. The third-order valence-corrected chi connectivity index (χ3v) is 5.53. The summed E-state index contributed by atoms with van der Waals surface area (Å²) in [5, 5.41) is 9.56. The molecule has 2 aromatic carbocycles. The Balaban J connectivity index is 1.68. The van der Waals surface area contributed by atoms with Crippen LogP contribution in [0.25, 0.3) is 0 Å². The highest BCUT2D eigenvalue weighted by atomic mass is 16.5. The van der Waals surface area contributed by atoms with Crippen LogP contribution in [-0.2, 0) is 4.79 Å². The lowest BCUT2D eigenvalue weighted by molar-refractivity contribution is -0.143. The Bertz CT molecular complexity index is 989. The minimum atomic E-state index is -0.725. The van der Waals surface area contributed by atoms with Crippen LogP contribution in [0.15, 0.2) is 72.9 Å². The van der Waals surface area contributed by atoms with E-state index in [1.807, 2.05) is 67.7 Å². The number of piperidine rings is 1. The number of para-hydroxylation sites is 1. The highest BCUT2D eigenvalue weighted by Crippen LogP contribution is 2.34. The molecular weight excluding hydrogens is 376 g/mol. The van der Waals surface area contributed by atoms with Gasteiger partial charge in [0.2, 0.25) is 0 Å². The highest BCUT2D eigenvalue weighted by molar-refractivity contribution is 5.70. The number of aliphatic carboxylic acids is 1. The molecule has 0 saturated carbocycles. The number of benzene rings is 2.